The van der Waals surface area contributed by atoms with E-state index < -0.39 is 0 Å². The minimum absolute atomic E-state index is 0. The summed E-state index contributed by atoms with van der Waals surface area (Å²) in [7, 11) is 0. The Bertz CT molecular complexity index is 334. The molecule has 1 rings (SSSR count). The first kappa shape index (κ1) is 50.6. The van der Waals surface area contributed by atoms with E-state index >= 15 is 0 Å². The van der Waals surface area contributed by atoms with Crippen LogP contribution in [0.4, 0.5) is 0 Å². The van der Waals surface area contributed by atoms with Gasteiger partial charge in [-0.05, 0) is 0 Å². The van der Waals surface area contributed by atoms with Crippen LogP contribution in [0.1, 0.15) is 20.8 Å². The van der Waals surface area contributed by atoms with E-state index in [1.54, 1.807) is 0 Å². The van der Waals surface area contributed by atoms with Crippen LogP contribution in [0.2, 0.25) is 0 Å². The smallest absolute Gasteiger partial charge is 0 e. The Balaban J connectivity index is -0.0000000352. The van der Waals surface area contributed by atoms with E-state index in [0.29, 0.717) is 0 Å². The van der Waals surface area contributed by atoms with E-state index in [4.69, 9.17) is 0 Å². The molecule has 1 aliphatic carbocycles. The number of hydrogen-bond acceptors (Lipinski definition) is 0. The number of allylic oxidation sites excluding steroid dienone is 2. The van der Waals surface area contributed by atoms with Gasteiger partial charge in [-0.1, -0.05) is 0 Å². The molecule has 0 heterocycles. The van der Waals surface area contributed by atoms with Crippen molar-refractivity contribution in [1.29, 1.82) is 0 Å². The zero-order valence-electron chi connectivity index (χ0n) is 11.5. The zero-order chi connectivity index (χ0) is 10.4. The van der Waals surface area contributed by atoms with Crippen molar-refractivity contribution >= 4 is 7.80 Å². The molecule has 0 bridgehead atoms. The zero-order valence-corrected chi connectivity index (χ0v) is 40.8. The molecule has 0 amide bonds. The minimum Gasteiger partial charge on any atom is 0 e. The van der Waals surface area contributed by atoms with Gasteiger partial charge in [0.2, 0.25) is 0 Å². The van der Waals surface area contributed by atoms with Crippen LogP contribution in [-0.2, 0) is 207 Å². The molecule has 21 heavy (non-hydrogen) atoms. The van der Waals surface area contributed by atoms with E-state index in [0.717, 1.165) is 5.57 Å². The van der Waals surface area contributed by atoms with Crippen molar-refractivity contribution in [3.63, 3.8) is 0 Å². The van der Waals surface area contributed by atoms with Gasteiger partial charge in [0.25, 0.3) is 0 Å². The van der Waals surface area contributed by atoms with E-state index in [1.807, 2.05) is 0 Å². The molecule has 0 aromatic carbocycles. The standard InChI is InChI=1S/C11H13.10W/c1-8-6-10(3)11(4,5)7-9(8)2;;;;;;;;;;/h1-2H2,3-5H3;;;;;;;;;;/q-1;;;;;;;;;;. The topological polar surface area (TPSA) is 0 Å². The Labute approximate surface area is 265 Å². The molecule has 118 valence electrons. The Kier molecular flexibility index (Phi) is 54.0. The Morgan fingerprint density at radius 2 is 1.05 bits per heavy atom. The molecular weight excluding hydrogens is 1970 g/mol. The van der Waals surface area contributed by atoms with Gasteiger partial charge in [-0.2, -0.15) is 0 Å². The summed E-state index contributed by atoms with van der Waals surface area (Å²) < 4.78 is 2.85. The van der Waals surface area contributed by atoms with Crippen molar-refractivity contribution in [3.8, 4) is 0 Å². The van der Waals surface area contributed by atoms with Crippen LogP contribution >= 0.6 is 0 Å². The SMILES string of the molecule is C=C1C(=C)[C](=[W])C(C)(C)[C-](C)[C]1=[W].[W].[W].[W].[W].[W].[W].[W].[W]. The molecular formula is C11H13W10-. The molecule has 0 radical (unpaired) electrons. The molecule has 0 saturated heterocycles. The molecule has 0 nitrogen and oxygen atoms in total. The summed E-state index contributed by atoms with van der Waals surface area (Å²) in [5.41, 5.74) is 2.55. The van der Waals surface area contributed by atoms with Gasteiger partial charge in [0.05, 0.1) is 0 Å². The van der Waals surface area contributed by atoms with Gasteiger partial charge in [0.15, 0.2) is 0 Å². The maximum Gasteiger partial charge on any atom is 0 e. The second kappa shape index (κ2) is 22.4. The molecule has 1 fully saturated rings. The molecule has 0 unspecified atom stereocenters. The van der Waals surface area contributed by atoms with Gasteiger partial charge < -0.3 is 0 Å². The fourth-order valence-corrected chi connectivity index (χ4v) is 3.68. The van der Waals surface area contributed by atoms with E-state index in [1.165, 1.54) is 58.0 Å². The number of rotatable bonds is 0. The first-order valence-corrected chi connectivity index (χ1v) is 7.05. The first-order valence-electron chi connectivity index (χ1n) is 4.12. The first-order chi connectivity index (χ1) is 5.80. The van der Waals surface area contributed by atoms with Crippen molar-refractivity contribution in [2.45, 2.75) is 20.8 Å². The fraction of sp³-hybridized carbons (Fsp3) is 0.364. The summed E-state index contributed by atoms with van der Waals surface area (Å²) in [5, 5.41) is 0. The molecule has 0 spiro atoms. The predicted octanol–water partition coefficient (Wildman–Crippen LogP) is 2.15. The quantitative estimate of drug-likeness (QED) is 0.327. The Hall–Kier alpha value is 6.10. The van der Waals surface area contributed by atoms with Crippen LogP contribution in [0.3, 0.4) is 0 Å². The van der Waals surface area contributed by atoms with E-state index in [9.17, 15) is 0 Å². The maximum atomic E-state index is 4.12. The van der Waals surface area contributed by atoms with Crippen LogP contribution in [0, 0.1) is 11.3 Å². The Morgan fingerprint density at radius 1 is 0.762 bits per heavy atom. The van der Waals surface area contributed by atoms with Crippen LogP contribution in [0.15, 0.2) is 24.3 Å². The average molecular weight is 1980 g/mol. The van der Waals surface area contributed by atoms with E-state index in [2.05, 4.69) is 33.9 Å². The van der Waals surface area contributed by atoms with Crippen molar-refractivity contribution < 1.29 is 207 Å². The van der Waals surface area contributed by atoms with Crippen molar-refractivity contribution in [2.75, 3.05) is 0 Å². The molecule has 0 aromatic heterocycles. The summed E-state index contributed by atoms with van der Waals surface area (Å²) in [6, 6.07) is 0. The van der Waals surface area contributed by atoms with Crippen LogP contribution < -0.4 is 0 Å². The van der Waals surface area contributed by atoms with E-state index in [-0.39, 0.29) is 174 Å². The second-order valence-electron chi connectivity index (χ2n) is 3.87. The van der Waals surface area contributed by atoms with Crippen molar-refractivity contribution in [1.82, 2.24) is 0 Å². The molecule has 1 saturated carbocycles. The third-order valence-electron chi connectivity index (χ3n) is 2.76. The molecule has 1 aliphatic rings. The summed E-state index contributed by atoms with van der Waals surface area (Å²) in [6.07, 6.45) is 0. The van der Waals surface area contributed by atoms with Gasteiger partial charge >= 0.3 is 103 Å². The predicted molar refractivity (Wildman–Crippen MR) is 51.0 cm³/mol. The van der Waals surface area contributed by atoms with Crippen LogP contribution in [-0.4, -0.2) is 7.80 Å². The Morgan fingerprint density at radius 3 is 1.33 bits per heavy atom. The summed E-state index contributed by atoms with van der Waals surface area (Å²) >= 11 is 3.03. The second-order valence-corrected chi connectivity index (χ2v) is 6.80. The van der Waals surface area contributed by atoms with Gasteiger partial charge in [-0.15, -0.1) is 0 Å². The van der Waals surface area contributed by atoms with Gasteiger partial charge in [-0.3, -0.25) is 0 Å². The summed E-state index contributed by atoms with van der Waals surface area (Å²) in [5.74, 6) is 1.48. The van der Waals surface area contributed by atoms with Crippen molar-refractivity contribution in [2.24, 2.45) is 5.41 Å². The normalized spacial score (nSPS) is 14.8. The fourth-order valence-electron chi connectivity index (χ4n) is 1.33. The maximum absolute atomic E-state index is 4.12. The van der Waals surface area contributed by atoms with Crippen LogP contribution in [0.25, 0.3) is 0 Å². The summed E-state index contributed by atoms with van der Waals surface area (Å²) in [6.45, 7) is 15.0. The molecule has 0 aliphatic heterocycles. The minimum atomic E-state index is 0. The molecule has 0 N–H and O–H groups in total. The van der Waals surface area contributed by atoms with Gasteiger partial charge in [-0.25, -0.2) is 0 Å². The largest absolute Gasteiger partial charge is 0 e. The molecule has 0 atom stereocenters. The van der Waals surface area contributed by atoms with Gasteiger partial charge in [0, 0.05) is 169 Å². The van der Waals surface area contributed by atoms with Crippen LogP contribution in [0.5, 0.6) is 0 Å². The monoisotopic (exact) mass is 1980 g/mol. The van der Waals surface area contributed by atoms with Gasteiger partial charge in [0.1, 0.15) is 0 Å². The third kappa shape index (κ3) is 13.0. The average Bonchev–Trinajstić information content (AvgIpc) is 2.09. The molecule has 0 aromatic rings. The molecule has 10 heteroatoms. The van der Waals surface area contributed by atoms with Crippen molar-refractivity contribution in [3.05, 3.63) is 30.2 Å². The third-order valence-corrected chi connectivity index (χ3v) is 7.46. The summed E-state index contributed by atoms with van der Waals surface area (Å²) in [4.78, 5) is 0. The number of hydrogen-bond donors (Lipinski definition) is 0.